The molecule has 0 aliphatic rings. The van der Waals surface area contributed by atoms with E-state index in [-0.39, 0.29) is 18.1 Å². The number of nitrogens with one attached hydrogen (secondary N) is 2. The van der Waals surface area contributed by atoms with Crippen LogP contribution in [0.5, 0.6) is 0 Å². The third kappa shape index (κ3) is 3.90. The van der Waals surface area contributed by atoms with Crippen LogP contribution in [0.4, 0.5) is 10.2 Å². The molecule has 5 nitrogen and oxygen atoms in total. The number of amides is 1. The number of hydrogen-bond acceptors (Lipinski definition) is 3. The Morgan fingerprint density at radius 1 is 1.18 bits per heavy atom. The lowest BCUT2D eigenvalue weighted by Gasteiger charge is -2.07. The summed E-state index contributed by atoms with van der Waals surface area (Å²) in [6.45, 7) is 0. The quantitative estimate of drug-likeness (QED) is 0.404. The maximum Gasteiger partial charge on any atom is 0.229 e. The van der Waals surface area contributed by atoms with Crippen molar-refractivity contribution in [3.05, 3.63) is 75.7 Å². The molecule has 140 valence electrons. The molecule has 0 fully saturated rings. The first-order chi connectivity index (χ1) is 13.5. The Balaban J connectivity index is 1.57. The van der Waals surface area contributed by atoms with Crippen molar-refractivity contribution in [2.45, 2.75) is 6.42 Å². The zero-order valence-electron chi connectivity index (χ0n) is 14.3. The average molecular weight is 460 g/mol. The molecule has 0 spiro atoms. The molecule has 0 saturated carbocycles. The van der Waals surface area contributed by atoms with Gasteiger partial charge >= 0.3 is 0 Å². The van der Waals surface area contributed by atoms with Gasteiger partial charge in [0.15, 0.2) is 0 Å². The maximum atomic E-state index is 13.0. The Morgan fingerprint density at radius 3 is 2.75 bits per heavy atom. The van der Waals surface area contributed by atoms with Gasteiger partial charge in [-0.05, 0) is 57.9 Å². The first-order valence-corrected chi connectivity index (χ1v) is 9.51. The van der Waals surface area contributed by atoms with Crippen LogP contribution in [-0.4, -0.2) is 20.9 Å². The number of rotatable bonds is 4. The zero-order chi connectivity index (χ0) is 19.7. The summed E-state index contributed by atoms with van der Waals surface area (Å²) in [7, 11) is 0. The number of nitrogens with zero attached hydrogens (tertiary/aromatic N) is 2. The van der Waals surface area contributed by atoms with Crippen molar-refractivity contribution in [1.29, 1.82) is 0 Å². The molecule has 8 heteroatoms. The Morgan fingerprint density at radius 2 is 1.96 bits per heavy atom. The summed E-state index contributed by atoms with van der Waals surface area (Å²) in [5.41, 5.74) is 3.91. The van der Waals surface area contributed by atoms with Crippen molar-refractivity contribution < 1.29 is 9.18 Å². The van der Waals surface area contributed by atoms with E-state index in [1.54, 1.807) is 30.5 Å². The normalized spacial score (nSPS) is 11.0. The molecule has 0 unspecified atom stereocenters. The maximum absolute atomic E-state index is 13.0. The molecule has 0 atom stereocenters. The summed E-state index contributed by atoms with van der Waals surface area (Å²) >= 11 is 9.54. The van der Waals surface area contributed by atoms with Crippen molar-refractivity contribution in [3.63, 3.8) is 0 Å². The van der Waals surface area contributed by atoms with Crippen LogP contribution in [0.25, 0.3) is 22.3 Å². The van der Waals surface area contributed by atoms with E-state index in [0.717, 1.165) is 32.3 Å². The second-order valence-corrected chi connectivity index (χ2v) is 7.31. The molecule has 0 radical (unpaired) electrons. The van der Waals surface area contributed by atoms with Gasteiger partial charge in [-0.15, -0.1) is 0 Å². The molecule has 3 aromatic heterocycles. The first kappa shape index (κ1) is 18.6. The van der Waals surface area contributed by atoms with E-state index in [4.69, 9.17) is 11.6 Å². The second kappa shape index (κ2) is 7.69. The van der Waals surface area contributed by atoms with Gasteiger partial charge in [-0.25, -0.2) is 14.4 Å². The molecule has 1 amide bonds. The van der Waals surface area contributed by atoms with Crippen molar-refractivity contribution in [2.24, 2.45) is 0 Å². The number of carbonyl (C=O) groups is 1. The fraction of sp³-hybridized carbons (Fsp3) is 0.0500. The van der Waals surface area contributed by atoms with Crippen LogP contribution in [0, 0.1) is 5.82 Å². The van der Waals surface area contributed by atoms with Crippen LogP contribution >= 0.6 is 27.5 Å². The van der Waals surface area contributed by atoms with Crippen LogP contribution < -0.4 is 5.32 Å². The number of halogens is 3. The summed E-state index contributed by atoms with van der Waals surface area (Å²) in [5.74, 6) is -0.153. The third-order valence-electron chi connectivity index (χ3n) is 4.14. The summed E-state index contributed by atoms with van der Waals surface area (Å²) in [4.78, 5) is 24.1. The minimum Gasteiger partial charge on any atom is -0.352 e. The van der Waals surface area contributed by atoms with Crippen LogP contribution in [0.3, 0.4) is 0 Å². The van der Waals surface area contributed by atoms with Crippen molar-refractivity contribution in [1.82, 2.24) is 15.0 Å². The number of anilines is 1. The number of H-pyrrole nitrogens is 1. The molecule has 0 bridgehead atoms. The van der Waals surface area contributed by atoms with Crippen LogP contribution in [-0.2, 0) is 11.2 Å². The van der Waals surface area contributed by atoms with Crippen LogP contribution in [0.15, 0.2) is 59.2 Å². The monoisotopic (exact) mass is 458 g/mol. The Bertz CT molecular complexity index is 1180. The number of pyridine rings is 2. The molecule has 0 saturated heterocycles. The topological polar surface area (TPSA) is 70.7 Å². The van der Waals surface area contributed by atoms with Crippen molar-refractivity contribution >= 4 is 50.3 Å². The SMILES string of the molecule is O=C(Cc1ccc(F)cc1)Nc1cc(-c2[nH]c3ccc(Cl)nc3c2Br)ccn1. The third-order valence-corrected chi connectivity index (χ3v) is 5.12. The van der Waals surface area contributed by atoms with E-state index < -0.39 is 0 Å². The largest absolute Gasteiger partial charge is 0.352 e. The van der Waals surface area contributed by atoms with Crippen LogP contribution in [0.1, 0.15) is 5.56 Å². The minimum absolute atomic E-state index is 0.130. The van der Waals surface area contributed by atoms with Gasteiger partial charge in [0.1, 0.15) is 22.3 Å². The number of carbonyl (C=O) groups excluding carboxylic acids is 1. The second-order valence-electron chi connectivity index (χ2n) is 6.13. The molecule has 0 aliphatic heterocycles. The van der Waals surface area contributed by atoms with Crippen molar-refractivity contribution in [3.8, 4) is 11.3 Å². The highest BCUT2D eigenvalue weighted by molar-refractivity contribution is 9.10. The molecule has 2 N–H and O–H groups in total. The molecule has 4 aromatic rings. The van der Waals surface area contributed by atoms with E-state index in [2.05, 4.69) is 36.2 Å². The van der Waals surface area contributed by atoms with Gasteiger partial charge < -0.3 is 10.3 Å². The number of aromatic amines is 1. The Kier molecular flexibility index (Phi) is 5.11. The summed E-state index contributed by atoms with van der Waals surface area (Å²) < 4.78 is 13.8. The molecule has 3 heterocycles. The lowest BCUT2D eigenvalue weighted by Crippen LogP contribution is -2.15. The summed E-state index contributed by atoms with van der Waals surface area (Å²) in [5, 5.41) is 3.17. The summed E-state index contributed by atoms with van der Waals surface area (Å²) in [6, 6.07) is 13.0. The van der Waals surface area contributed by atoms with Gasteiger partial charge in [0.25, 0.3) is 0 Å². The van der Waals surface area contributed by atoms with E-state index in [1.807, 2.05) is 12.1 Å². The molecule has 28 heavy (non-hydrogen) atoms. The highest BCUT2D eigenvalue weighted by Gasteiger charge is 2.14. The zero-order valence-corrected chi connectivity index (χ0v) is 16.7. The van der Waals surface area contributed by atoms with Gasteiger partial charge in [0.05, 0.1) is 22.1 Å². The van der Waals surface area contributed by atoms with E-state index in [9.17, 15) is 9.18 Å². The molecule has 1 aromatic carbocycles. The number of aromatic nitrogens is 3. The fourth-order valence-electron chi connectivity index (χ4n) is 2.84. The lowest BCUT2D eigenvalue weighted by atomic mass is 10.1. The standard InChI is InChI=1S/C20H13BrClFN4O/c21-18-19(25-14-5-6-15(22)26-20(14)18)12-7-8-24-16(10-12)27-17(28)9-11-1-3-13(23)4-2-11/h1-8,10,25H,9H2,(H,24,27,28). The lowest BCUT2D eigenvalue weighted by molar-refractivity contribution is -0.115. The van der Waals surface area contributed by atoms with Gasteiger partial charge in [-0.2, -0.15) is 0 Å². The molecule has 4 rings (SSSR count). The minimum atomic E-state index is -0.335. The smallest absolute Gasteiger partial charge is 0.229 e. The predicted octanol–water partition coefficient (Wildman–Crippen LogP) is 5.36. The highest BCUT2D eigenvalue weighted by Crippen LogP contribution is 2.34. The number of fused-ring (bicyclic) bond motifs is 1. The molecular weight excluding hydrogens is 447 g/mol. The fourth-order valence-corrected chi connectivity index (χ4v) is 3.62. The van der Waals surface area contributed by atoms with Gasteiger partial charge in [-0.1, -0.05) is 23.7 Å². The molecule has 0 aliphatic carbocycles. The molecular formula is C20H13BrClFN4O. The first-order valence-electron chi connectivity index (χ1n) is 8.34. The number of hydrogen-bond donors (Lipinski definition) is 2. The Hall–Kier alpha value is -2.77. The van der Waals surface area contributed by atoms with Gasteiger partial charge in [-0.3, -0.25) is 4.79 Å². The van der Waals surface area contributed by atoms with E-state index in [1.165, 1.54) is 12.1 Å². The summed E-state index contributed by atoms with van der Waals surface area (Å²) in [6.07, 6.45) is 1.74. The van der Waals surface area contributed by atoms with Gasteiger partial charge in [0.2, 0.25) is 5.91 Å². The average Bonchev–Trinajstić information content (AvgIpc) is 3.00. The van der Waals surface area contributed by atoms with Gasteiger partial charge in [0, 0.05) is 11.8 Å². The van der Waals surface area contributed by atoms with Crippen LogP contribution in [0.2, 0.25) is 5.15 Å². The van der Waals surface area contributed by atoms with Crippen molar-refractivity contribution in [2.75, 3.05) is 5.32 Å². The van der Waals surface area contributed by atoms with E-state index >= 15 is 0 Å². The predicted molar refractivity (Wildman–Crippen MR) is 111 cm³/mol. The van der Waals surface area contributed by atoms with E-state index in [0.29, 0.717) is 11.0 Å². The highest BCUT2D eigenvalue weighted by atomic mass is 79.9. The Labute approximate surface area is 173 Å². The number of benzene rings is 1.